The van der Waals surface area contributed by atoms with Gasteiger partial charge in [-0.05, 0) is 160 Å². The molecule has 3 unspecified atom stereocenters. The summed E-state index contributed by atoms with van der Waals surface area (Å²) in [5, 5.41) is 40.5. The van der Waals surface area contributed by atoms with Crippen molar-refractivity contribution in [3.05, 3.63) is 166 Å². The highest BCUT2D eigenvalue weighted by molar-refractivity contribution is 5.85. The number of aliphatic hydroxyl groups is 3. The number of fused-ring (bicyclic) bond motifs is 6. The van der Waals surface area contributed by atoms with Crippen molar-refractivity contribution in [1.82, 2.24) is 45.1 Å². The number of hydrogen-bond acceptors (Lipinski definition) is 18. The molecule has 3 aliphatic carbocycles. The van der Waals surface area contributed by atoms with Crippen molar-refractivity contribution in [3.63, 3.8) is 0 Å². The number of amides is 3. The minimum atomic E-state index is -3.26. The predicted octanol–water partition coefficient (Wildman–Crippen LogP) is 11.6. The molecule has 3 aromatic heterocycles. The van der Waals surface area contributed by atoms with Crippen molar-refractivity contribution in [1.29, 1.82) is 0 Å². The van der Waals surface area contributed by atoms with Crippen LogP contribution >= 0.6 is 0 Å². The number of aromatic nitrogens is 6. The van der Waals surface area contributed by atoms with Gasteiger partial charge in [-0.25, -0.2) is 4.85 Å². The molecule has 3 N–H and O–H groups in total. The first kappa shape index (κ1) is 67.4. The predicted molar refractivity (Wildman–Crippen MR) is 359 cm³/mol. The number of hydrogen-bond donors (Lipinski definition) is 3. The van der Waals surface area contributed by atoms with Gasteiger partial charge in [0.25, 0.3) is 11.8 Å². The van der Waals surface area contributed by atoms with Crippen molar-refractivity contribution < 1.29 is 66.3 Å². The van der Waals surface area contributed by atoms with Crippen LogP contribution in [0.1, 0.15) is 107 Å². The van der Waals surface area contributed by atoms with Crippen molar-refractivity contribution in [2.75, 3.05) is 59.1 Å². The molecule has 22 nitrogen and oxygen atoms in total. The maximum Gasteiger partial charge on any atom is 0.394 e. The molecule has 3 saturated heterocycles. The first-order valence-electron chi connectivity index (χ1n) is 33.4. The second-order valence-corrected chi connectivity index (χ2v) is 26.8. The zero-order valence-corrected chi connectivity index (χ0v) is 55.7. The van der Waals surface area contributed by atoms with Gasteiger partial charge in [0.05, 0.1) is 38.6 Å². The lowest BCUT2D eigenvalue weighted by Crippen LogP contribution is -2.32. The smallest absolute Gasteiger partial charge is 0.394 e. The Morgan fingerprint density at radius 3 is 1.25 bits per heavy atom. The summed E-state index contributed by atoms with van der Waals surface area (Å²) < 4.78 is 58.6. The van der Waals surface area contributed by atoms with Crippen LogP contribution in [-0.2, 0) is 49.9 Å². The van der Waals surface area contributed by atoms with Crippen LogP contribution in [0.2, 0.25) is 0 Å². The monoisotopic (exact) mass is 1350 g/mol. The Kier molecular flexibility index (Phi) is 18.8. The first-order valence-corrected chi connectivity index (χ1v) is 33.4. The normalized spacial score (nSPS) is 19.7. The summed E-state index contributed by atoms with van der Waals surface area (Å²) >= 11 is 0. The van der Waals surface area contributed by atoms with Crippen LogP contribution in [0.15, 0.2) is 135 Å². The lowest BCUT2D eigenvalue weighted by molar-refractivity contribution is -0.159. The molecule has 99 heavy (non-hydrogen) atoms. The zero-order valence-electron chi connectivity index (χ0n) is 55.7. The zero-order chi connectivity index (χ0) is 69.4. The summed E-state index contributed by atoms with van der Waals surface area (Å²) in [6.07, 6.45) is 3.38. The Bertz CT molecular complexity index is 4520. The quantitative estimate of drug-likeness (QED) is 0.0674. The Morgan fingerprint density at radius 2 is 0.879 bits per heavy atom. The van der Waals surface area contributed by atoms with Gasteiger partial charge in [-0.3, -0.25) is 14.4 Å². The Hall–Kier alpha value is -10.2. The van der Waals surface area contributed by atoms with E-state index in [1.165, 1.54) is 23.3 Å². The average Bonchev–Trinajstić information content (AvgIpc) is 1.60. The maximum atomic E-state index is 13.0. The van der Waals surface area contributed by atoms with Gasteiger partial charge in [0.15, 0.2) is 0 Å². The lowest BCUT2D eigenvalue weighted by Gasteiger charge is -2.24. The van der Waals surface area contributed by atoms with Gasteiger partial charge < -0.3 is 57.8 Å². The molecule has 0 radical (unpaired) electrons. The van der Waals surface area contributed by atoms with Gasteiger partial charge >= 0.3 is 6.11 Å². The SMILES string of the molecule is CC(C)Oc1ccc(-c2nc(-c3cccc4c3CCC43CC(=O)N(CCO)C3)no2)cc1.CC(F)(F)Oc1ccc(-c2nc(-c3cccc4c3CCC43CC(=O)N(CCO)C3)no2)cc1.[C-]#[N+]c1cc(OC(C)C)ccc1-c1nc(-c2cccc3c2CCC32CC(=O)N(CCO)C2)no1. The Labute approximate surface area is 570 Å². The highest BCUT2D eigenvalue weighted by atomic mass is 19.3. The summed E-state index contributed by atoms with van der Waals surface area (Å²) in [5.41, 5.74) is 11.3. The van der Waals surface area contributed by atoms with E-state index in [0.29, 0.717) is 111 Å². The van der Waals surface area contributed by atoms with Crippen molar-refractivity contribution >= 4 is 23.4 Å². The molecule has 9 aromatic rings. The Balaban J connectivity index is 0.000000133. The number of benzene rings is 6. The van der Waals surface area contributed by atoms with E-state index in [9.17, 15) is 38.5 Å². The van der Waals surface area contributed by atoms with Crippen LogP contribution in [0.5, 0.6) is 17.2 Å². The number of rotatable bonds is 18. The fourth-order valence-corrected chi connectivity index (χ4v) is 15.2. The summed E-state index contributed by atoms with van der Waals surface area (Å²) in [5.74, 6) is 4.23. The molecule has 3 amide bonds. The number of ether oxygens (including phenoxy) is 3. The number of carbonyl (C=O) groups excluding carboxylic acids is 3. The minimum Gasteiger partial charge on any atom is -0.492 e. The fourth-order valence-electron chi connectivity index (χ4n) is 15.2. The summed E-state index contributed by atoms with van der Waals surface area (Å²) in [7, 11) is 0. The molecule has 3 spiro atoms. The van der Waals surface area contributed by atoms with Gasteiger partial charge in [-0.15, -0.1) is 0 Å². The number of halogens is 2. The lowest BCUT2D eigenvalue weighted by atomic mass is 9.80. The average molecular weight is 1350 g/mol. The molecule has 0 saturated carbocycles. The topological polar surface area (TPSA) is 270 Å². The number of aliphatic hydroxyl groups excluding tert-OH is 3. The third-order valence-electron chi connectivity index (χ3n) is 19.5. The maximum absolute atomic E-state index is 13.0. The summed E-state index contributed by atoms with van der Waals surface area (Å²) in [6.45, 7) is 19.0. The van der Waals surface area contributed by atoms with E-state index in [4.69, 9.17) is 29.6 Å². The molecule has 24 heteroatoms. The van der Waals surface area contributed by atoms with Crippen LogP contribution in [0.3, 0.4) is 0 Å². The summed E-state index contributed by atoms with van der Waals surface area (Å²) in [4.78, 5) is 60.2. The van der Waals surface area contributed by atoms with E-state index in [-0.39, 0.29) is 83.5 Å². The van der Waals surface area contributed by atoms with E-state index < -0.39 is 6.11 Å². The van der Waals surface area contributed by atoms with E-state index in [0.717, 1.165) is 88.8 Å². The van der Waals surface area contributed by atoms with Gasteiger partial charge in [-0.1, -0.05) is 76.1 Å². The number of alkyl halides is 2. The Morgan fingerprint density at radius 1 is 0.515 bits per heavy atom. The molecule has 6 aliphatic rings. The number of nitrogens with zero attached hydrogens (tertiary/aromatic N) is 10. The molecule has 3 atom stereocenters. The van der Waals surface area contributed by atoms with Gasteiger partial charge in [-0.2, -0.15) is 23.7 Å². The van der Waals surface area contributed by atoms with Gasteiger partial charge in [0.2, 0.25) is 46.8 Å². The van der Waals surface area contributed by atoms with Crippen molar-refractivity contribution in [2.24, 2.45) is 0 Å². The second kappa shape index (κ2) is 27.6. The third-order valence-corrected chi connectivity index (χ3v) is 19.5. The van der Waals surface area contributed by atoms with Crippen molar-refractivity contribution in [3.8, 4) is 85.8 Å². The van der Waals surface area contributed by atoms with Crippen LogP contribution in [0.25, 0.3) is 73.4 Å². The van der Waals surface area contributed by atoms with Gasteiger partial charge in [0, 0.05) is 115 Å². The molecule has 512 valence electrons. The standard InChI is InChI=1S/C26H26N4O4.C25H27N3O4.C24H23F2N3O4/c1-16(2)33-17-7-8-20(22(13-17)27-3)25-28-24(29-34-25)19-5-4-6-21-18(19)9-10-26(21)14-23(32)30(15-26)11-12-31;1-16(2)31-18-8-6-17(7-9-18)24-26-23(27-32-24)20-4-3-5-21-19(20)10-11-25(21)14-22(30)28(15-25)12-13-29;1-23(25,26)32-16-7-5-15(6-8-16)22-27-21(28-33-22)18-3-2-4-19-17(18)9-10-24(19)13-20(31)29(14-24)11-12-30/h4-8,13,16,31H,9-12,14-15H2,1-2H3;3-9,16,29H,10-15H2,1-2H3;2-8,30H,9-14H2,1H3. The van der Waals surface area contributed by atoms with Crippen LogP contribution in [0.4, 0.5) is 14.5 Å². The molecule has 6 heterocycles. The van der Waals surface area contributed by atoms with Crippen molar-refractivity contribution in [2.45, 2.75) is 127 Å². The molecular formula is C75H76F2N10O12. The number of carbonyl (C=O) groups is 3. The third kappa shape index (κ3) is 13.6. The highest BCUT2D eigenvalue weighted by Crippen LogP contribution is 2.52. The number of β-amino-alcohol motifs (C(OH)–C–C–N with tert-alkyl or cyclic N) is 3. The fraction of sp³-hybridized carbons (Fsp3) is 0.387. The van der Waals surface area contributed by atoms with Crippen LogP contribution in [0, 0.1) is 6.57 Å². The highest BCUT2D eigenvalue weighted by Gasteiger charge is 2.51. The first-order chi connectivity index (χ1) is 47.7. The molecular weight excluding hydrogens is 1270 g/mol. The largest absolute Gasteiger partial charge is 0.492 e. The van der Waals surface area contributed by atoms with E-state index in [1.54, 1.807) is 45.0 Å². The molecule has 15 rings (SSSR count). The summed E-state index contributed by atoms with van der Waals surface area (Å²) in [6, 6.07) is 37.0. The van der Waals surface area contributed by atoms with Gasteiger partial charge in [0.1, 0.15) is 17.2 Å². The van der Waals surface area contributed by atoms with E-state index in [2.05, 4.69) is 58.2 Å². The van der Waals surface area contributed by atoms with Crippen LogP contribution in [-0.4, -0.2) is 156 Å². The minimum absolute atomic E-state index is 0.00814. The van der Waals surface area contributed by atoms with Crippen LogP contribution < -0.4 is 14.2 Å². The molecule has 3 fully saturated rings. The molecule has 3 aliphatic heterocycles. The second-order valence-electron chi connectivity index (χ2n) is 26.8. The molecule has 6 aromatic carbocycles. The molecule has 0 bridgehead atoms. The number of likely N-dealkylation sites (tertiary alicyclic amines) is 3. The van der Waals surface area contributed by atoms with E-state index >= 15 is 0 Å². The van der Waals surface area contributed by atoms with E-state index in [1.807, 2.05) is 88.4 Å².